The molecule has 0 saturated heterocycles. The fourth-order valence-corrected chi connectivity index (χ4v) is 1.92. The SMILES string of the molecule is CCCC(C)(NC(=O)c1ccc(OC)cc1N)C(=O)O. The van der Waals surface area contributed by atoms with Crippen LogP contribution in [-0.2, 0) is 4.79 Å². The highest BCUT2D eigenvalue weighted by Gasteiger charge is 2.34. The number of rotatable bonds is 6. The number of ether oxygens (including phenoxy) is 1. The molecule has 1 rings (SSSR count). The molecule has 0 radical (unpaired) electrons. The fourth-order valence-electron chi connectivity index (χ4n) is 1.92. The van der Waals surface area contributed by atoms with Crippen molar-refractivity contribution in [1.29, 1.82) is 0 Å². The van der Waals surface area contributed by atoms with Gasteiger partial charge >= 0.3 is 5.97 Å². The van der Waals surface area contributed by atoms with Crippen molar-refractivity contribution in [3.63, 3.8) is 0 Å². The van der Waals surface area contributed by atoms with E-state index in [9.17, 15) is 14.7 Å². The van der Waals surface area contributed by atoms with Gasteiger partial charge in [-0.25, -0.2) is 4.79 Å². The number of benzene rings is 1. The summed E-state index contributed by atoms with van der Waals surface area (Å²) in [5.41, 5.74) is 4.94. The molecule has 0 bridgehead atoms. The second-order valence-electron chi connectivity index (χ2n) is 4.79. The molecule has 6 heteroatoms. The number of carbonyl (C=O) groups excluding carboxylic acids is 1. The number of hydrogen-bond acceptors (Lipinski definition) is 4. The van der Waals surface area contributed by atoms with E-state index in [1.54, 1.807) is 6.07 Å². The zero-order valence-corrected chi connectivity index (χ0v) is 11.9. The first-order valence-electron chi connectivity index (χ1n) is 6.33. The Hall–Kier alpha value is -2.24. The van der Waals surface area contributed by atoms with E-state index in [4.69, 9.17) is 10.5 Å². The number of carboxylic acids is 1. The van der Waals surface area contributed by atoms with E-state index in [1.165, 1.54) is 26.2 Å². The number of methoxy groups -OCH3 is 1. The summed E-state index contributed by atoms with van der Waals surface area (Å²) in [6, 6.07) is 4.63. The fraction of sp³-hybridized carbons (Fsp3) is 0.429. The largest absolute Gasteiger partial charge is 0.497 e. The number of carbonyl (C=O) groups is 2. The smallest absolute Gasteiger partial charge is 0.329 e. The lowest BCUT2D eigenvalue weighted by atomic mass is 9.95. The predicted octanol–water partition coefficient (Wildman–Crippen LogP) is 1.65. The van der Waals surface area contributed by atoms with E-state index in [1.807, 2.05) is 6.92 Å². The van der Waals surface area contributed by atoms with Crippen LogP contribution in [0.2, 0.25) is 0 Å². The topological polar surface area (TPSA) is 102 Å². The number of carboxylic acid groups (broad SMARTS) is 1. The summed E-state index contributed by atoms with van der Waals surface area (Å²) in [7, 11) is 1.50. The molecule has 6 nitrogen and oxygen atoms in total. The average molecular weight is 280 g/mol. The van der Waals surface area contributed by atoms with Crippen LogP contribution in [0, 0.1) is 0 Å². The quantitative estimate of drug-likeness (QED) is 0.688. The number of hydrogen-bond donors (Lipinski definition) is 3. The molecule has 0 fully saturated rings. The molecule has 1 unspecified atom stereocenters. The molecule has 0 aliphatic carbocycles. The van der Waals surface area contributed by atoms with Crippen LogP contribution in [0.15, 0.2) is 18.2 Å². The number of aliphatic carboxylic acids is 1. The summed E-state index contributed by atoms with van der Waals surface area (Å²) in [5.74, 6) is -1.04. The van der Waals surface area contributed by atoms with Gasteiger partial charge in [-0.2, -0.15) is 0 Å². The van der Waals surface area contributed by atoms with E-state index in [0.29, 0.717) is 18.6 Å². The number of nitrogens with one attached hydrogen (secondary N) is 1. The van der Waals surface area contributed by atoms with Gasteiger partial charge in [0, 0.05) is 11.8 Å². The first kappa shape index (κ1) is 15.8. The molecule has 0 aromatic heterocycles. The third-order valence-corrected chi connectivity index (χ3v) is 3.11. The van der Waals surface area contributed by atoms with Crippen molar-refractivity contribution in [3.05, 3.63) is 23.8 Å². The first-order chi connectivity index (χ1) is 9.34. The van der Waals surface area contributed by atoms with Crippen LogP contribution in [0.5, 0.6) is 5.75 Å². The maximum Gasteiger partial charge on any atom is 0.329 e. The van der Waals surface area contributed by atoms with Crippen molar-refractivity contribution < 1.29 is 19.4 Å². The monoisotopic (exact) mass is 280 g/mol. The van der Waals surface area contributed by atoms with Gasteiger partial charge < -0.3 is 20.9 Å². The molecule has 0 aliphatic heterocycles. The highest BCUT2D eigenvalue weighted by Crippen LogP contribution is 2.21. The van der Waals surface area contributed by atoms with Gasteiger partial charge in [-0.3, -0.25) is 4.79 Å². The normalized spacial score (nSPS) is 13.3. The second-order valence-corrected chi connectivity index (χ2v) is 4.79. The van der Waals surface area contributed by atoms with Crippen molar-refractivity contribution in [2.75, 3.05) is 12.8 Å². The summed E-state index contributed by atoms with van der Waals surface area (Å²) < 4.78 is 5.00. The van der Waals surface area contributed by atoms with Gasteiger partial charge in [0.05, 0.1) is 12.7 Å². The lowest BCUT2D eigenvalue weighted by Crippen LogP contribution is -2.52. The minimum absolute atomic E-state index is 0.231. The molecule has 4 N–H and O–H groups in total. The molecule has 0 spiro atoms. The predicted molar refractivity (Wildman–Crippen MR) is 75.8 cm³/mol. The lowest BCUT2D eigenvalue weighted by molar-refractivity contribution is -0.144. The van der Waals surface area contributed by atoms with Crippen LogP contribution in [0.25, 0.3) is 0 Å². The standard InChI is InChI=1S/C14H20N2O4/c1-4-7-14(2,13(18)19)16-12(17)10-6-5-9(20-3)8-11(10)15/h5-6,8H,4,7,15H2,1-3H3,(H,16,17)(H,18,19). The molecule has 1 aromatic rings. The number of nitrogens with two attached hydrogens (primary N) is 1. The van der Waals surface area contributed by atoms with Gasteiger partial charge in [-0.15, -0.1) is 0 Å². The molecule has 0 saturated carbocycles. The van der Waals surface area contributed by atoms with Crippen LogP contribution in [-0.4, -0.2) is 29.6 Å². The lowest BCUT2D eigenvalue weighted by Gasteiger charge is -2.26. The van der Waals surface area contributed by atoms with Crippen LogP contribution in [0.3, 0.4) is 0 Å². The number of nitrogen functional groups attached to an aromatic ring is 1. The molecule has 1 atom stereocenters. The van der Waals surface area contributed by atoms with E-state index >= 15 is 0 Å². The van der Waals surface area contributed by atoms with E-state index in [0.717, 1.165) is 0 Å². The van der Waals surface area contributed by atoms with E-state index in [-0.39, 0.29) is 11.3 Å². The van der Waals surface area contributed by atoms with Gasteiger partial charge in [0.25, 0.3) is 5.91 Å². The Labute approximate surface area is 117 Å². The Kier molecular flexibility index (Phi) is 4.96. The molecule has 20 heavy (non-hydrogen) atoms. The van der Waals surface area contributed by atoms with E-state index < -0.39 is 17.4 Å². The molecule has 0 aliphatic rings. The van der Waals surface area contributed by atoms with Gasteiger partial charge in [0.2, 0.25) is 0 Å². The molecular weight excluding hydrogens is 260 g/mol. The molecular formula is C14H20N2O4. The van der Waals surface area contributed by atoms with Crippen LogP contribution >= 0.6 is 0 Å². The van der Waals surface area contributed by atoms with Crippen molar-refractivity contribution >= 4 is 17.6 Å². The Bertz CT molecular complexity index is 516. The highest BCUT2D eigenvalue weighted by atomic mass is 16.5. The van der Waals surface area contributed by atoms with Crippen molar-refractivity contribution in [2.45, 2.75) is 32.2 Å². The van der Waals surface area contributed by atoms with Crippen molar-refractivity contribution in [3.8, 4) is 5.75 Å². The van der Waals surface area contributed by atoms with E-state index in [2.05, 4.69) is 5.32 Å². The van der Waals surface area contributed by atoms with Gasteiger partial charge in [0.1, 0.15) is 11.3 Å². The van der Waals surface area contributed by atoms with Crippen LogP contribution in [0.1, 0.15) is 37.0 Å². The Morgan fingerprint density at radius 1 is 1.45 bits per heavy atom. The van der Waals surface area contributed by atoms with Crippen LogP contribution < -0.4 is 15.8 Å². The van der Waals surface area contributed by atoms with Crippen molar-refractivity contribution in [1.82, 2.24) is 5.32 Å². The minimum Gasteiger partial charge on any atom is -0.497 e. The third kappa shape index (κ3) is 3.40. The first-order valence-corrected chi connectivity index (χ1v) is 6.33. The molecule has 1 amide bonds. The summed E-state index contributed by atoms with van der Waals surface area (Å²) in [6.45, 7) is 3.34. The summed E-state index contributed by atoms with van der Waals surface area (Å²) in [5, 5.41) is 11.8. The van der Waals surface area contributed by atoms with Gasteiger partial charge in [-0.1, -0.05) is 13.3 Å². The zero-order valence-electron chi connectivity index (χ0n) is 11.9. The number of amides is 1. The summed E-state index contributed by atoms with van der Waals surface area (Å²) in [4.78, 5) is 23.5. The average Bonchev–Trinajstić information content (AvgIpc) is 2.38. The maximum atomic E-state index is 12.2. The van der Waals surface area contributed by atoms with Gasteiger partial charge in [-0.05, 0) is 25.5 Å². The highest BCUT2D eigenvalue weighted by molar-refractivity contribution is 6.01. The molecule has 1 aromatic carbocycles. The second kappa shape index (κ2) is 6.27. The minimum atomic E-state index is -1.31. The number of anilines is 1. The third-order valence-electron chi connectivity index (χ3n) is 3.11. The Morgan fingerprint density at radius 2 is 2.10 bits per heavy atom. The maximum absolute atomic E-state index is 12.2. The Morgan fingerprint density at radius 3 is 2.55 bits per heavy atom. The molecule has 110 valence electrons. The van der Waals surface area contributed by atoms with Crippen LogP contribution in [0.4, 0.5) is 5.69 Å². The van der Waals surface area contributed by atoms with Gasteiger partial charge in [0.15, 0.2) is 0 Å². The molecule has 0 heterocycles. The Balaban J connectivity index is 2.98. The summed E-state index contributed by atoms with van der Waals surface area (Å²) >= 11 is 0. The summed E-state index contributed by atoms with van der Waals surface area (Å²) in [6.07, 6.45) is 0.977. The zero-order chi connectivity index (χ0) is 15.3. The van der Waals surface area contributed by atoms with Crippen molar-refractivity contribution in [2.24, 2.45) is 0 Å².